The van der Waals surface area contributed by atoms with E-state index in [-0.39, 0.29) is 0 Å². The molecule has 2 N–H and O–H groups in total. The summed E-state index contributed by atoms with van der Waals surface area (Å²) in [6.45, 7) is 13.9. The van der Waals surface area contributed by atoms with E-state index in [4.69, 9.17) is 0 Å². The number of aromatic nitrogens is 4. The van der Waals surface area contributed by atoms with Crippen LogP contribution in [0.3, 0.4) is 0 Å². The monoisotopic (exact) mass is 471 g/mol. The summed E-state index contributed by atoms with van der Waals surface area (Å²) in [5.41, 5.74) is 7.09. The SMILES string of the molecule is CCc1c(-c2ccnc3[nH]ncc23)[nH]c2ccc(N3CCN(C4CCN(C(C)C)CC4)CC3)cc12. The Bertz CT molecular complexity index is 1300. The Morgan fingerprint density at radius 2 is 1.80 bits per heavy atom. The maximum Gasteiger partial charge on any atom is 0.155 e. The van der Waals surface area contributed by atoms with Crippen LogP contribution in [0.25, 0.3) is 33.2 Å². The normalized spacial score (nSPS) is 18.9. The number of H-pyrrole nitrogens is 2. The number of fused-ring (bicyclic) bond motifs is 2. The van der Waals surface area contributed by atoms with E-state index in [0.717, 1.165) is 42.1 Å². The highest BCUT2D eigenvalue weighted by Gasteiger charge is 2.28. The van der Waals surface area contributed by atoms with Gasteiger partial charge in [-0.3, -0.25) is 10.00 Å². The third-order valence-electron chi connectivity index (χ3n) is 8.29. The predicted octanol–water partition coefficient (Wildman–Crippen LogP) is 4.66. The van der Waals surface area contributed by atoms with Crippen molar-refractivity contribution in [2.45, 2.75) is 52.1 Å². The predicted molar refractivity (Wildman–Crippen MR) is 144 cm³/mol. The van der Waals surface area contributed by atoms with Gasteiger partial charge in [0.2, 0.25) is 0 Å². The Kier molecular flexibility index (Phi) is 5.98. The van der Waals surface area contributed by atoms with E-state index >= 15 is 0 Å². The molecular weight excluding hydrogens is 434 g/mol. The van der Waals surface area contributed by atoms with Gasteiger partial charge >= 0.3 is 0 Å². The molecule has 2 saturated heterocycles. The van der Waals surface area contributed by atoms with Gasteiger partial charge in [-0.2, -0.15) is 5.10 Å². The zero-order valence-corrected chi connectivity index (χ0v) is 21.2. The van der Waals surface area contributed by atoms with Crippen molar-refractivity contribution in [3.05, 3.63) is 42.2 Å². The molecule has 3 aromatic heterocycles. The lowest BCUT2D eigenvalue weighted by Crippen LogP contribution is -2.53. The van der Waals surface area contributed by atoms with Crippen molar-refractivity contribution < 1.29 is 0 Å². The lowest BCUT2D eigenvalue weighted by Gasteiger charge is -2.44. The van der Waals surface area contributed by atoms with Gasteiger partial charge in [-0.25, -0.2) is 4.98 Å². The number of nitrogens with zero attached hydrogens (tertiary/aromatic N) is 5. The van der Waals surface area contributed by atoms with E-state index in [1.165, 1.54) is 66.9 Å². The van der Waals surface area contributed by atoms with E-state index < -0.39 is 0 Å². The van der Waals surface area contributed by atoms with Gasteiger partial charge in [-0.1, -0.05) is 6.92 Å². The first kappa shape index (κ1) is 22.6. The molecule has 2 aliphatic rings. The molecule has 184 valence electrons. The minimum atomic E-state index is 0.675. The summed E-state index contributed by atoms with van der Waals surface area (Å²) in [5.74, 6) is 0. The fraction of sp³-hybridized carbons (Fsp3) is 0.500. The summed E-state index contributed by atoms with van der Waals surface area (Å²) in [6.07, 6.45) is 7.34. The number of aromatic amines is 2. The standard InChI is InChI=1S/C28H37N7/c1-4-22-24-17-21(35-15-13-34(14-16-35)20-8-11-33(12-9-20)19(2)3)5-6-26(24)31-27(22)23-7-10-29-28-25(23)18-30-32-28/h5-7,10,17-20,31H,4,8-9,11-16H2,1-3H3,(H,29,30,32). The van der Waals surface area contributed by atoms with Crippen molar-refractivity contribution in [1.29, 1.82) is 0 Å². The molecule has 0 saturated carbocycles. The molecule has 0 radical (unpaired) electrons. The molecule has 35 heavy (non-hydrogen) atoms. The Morgan fingerprint density at radius 1 is 1.00 bits per heavy atom. The summed E-state index contributed by atoms with van der Waals surface area (Å²) in [7, 11) is 0. The largest absolute Gasteiger partial charge is 0.369 e. The van der Waals surface area contributed by atoms with E-state index in [1.54, 1.807) is 0 Å². The van der Waals surface area contributed by atoms with E-state index in [2.05, 4.69) is 79.9 Å². The number of aryl methyl sites for hydroxylation is 1. The zero-order valence-electron chi connectivity index (χ0n) is 21.2. The topological polar surface area (TPSA) is 67.1 Å². The van der Waals surface area contributed by atoms with Gasteiger partial charge in [0.15, 0.2) is 5.65 Å². The van der Waals surface area contributed by atoms with Crippen LogP contribution >= 0.6 is 0 Å². The number of pyridine rings is 1. The Morgan fingerprint density at radius 3 is 2.54 bits per heavy atom. The van der Waals surface area contributed by atoms with Gasteiger partial charge in [0.25, 0.3) is 0 Å². The average Bonchev–Trinajstić information content (AvgIpc) is 3.53. The average molecular weight is 472 g/mol. The van der Waals surface area contributed by atoms with E-state index in [1.807, 2.05) is 12.4 Å². The van der Waals surface area contributed by atoms with Gasteiger partial charge in [0, 0.05) is 72.0 Å². The van der Waals surface area contributed by atoms with Crippen molar-refractivity contribution in [2.75, 3.05) is 44.2 Å². The summed E-state index contributed by atoms with van der Waals surface area (Å²) < 4.78 is 0. The van der Waals surface area contributed by atoms with Crippen LogP contribution in [-0.4, -0.2) is 81.3 Å². The number of likely N-dealkylation sites (tertiary alicyclic amines) is 1. The second-order valence-electron chi connectivity index (χ2n) is 10.4. The molecule has 5 heterocycles. The molecule has 0 atom stereocenters. The molecule has 2 aliphatic heterocycles. The number of anilines is 1. The number of rotatable bonds is 5. The van der Waals surface area contributed by atoms with Gasteiger partial charge < -0.3 is 14.8 Å². The molecule has 1 aromatic carbocycles. The molecule has 6 rings (SSSR count). The first-order valence-electron chi connectivity index (χ1n) is 13.3. The lowest BCUT2D eigenvalue weighted by atomic mass is 10.0. The van der Waals surface area contributed by atoms with Crippen LogP contribution in [0.1, 0.15) is 39.2 Å². The van der Waals surface area contributed by atoms with Crippen LogP contribution in [0.15, 0.2) is 36.7 Å². The second kappa shape index (κ2) is 9.28. The summed E-state index contributed by atoms with van der Waals surface area (Å²) >= 11 is 0. The fourth-order valence-electron chi connectivity index (χ4n) is 6.21. The Labute approximate surface area is 207 Å². The van der Waals surface area contributed by atoms with Gasteiger partial charge in [-0.15, -0.1) is 0 Å². The van der Waals surface area contributed by atoms with Crippen LogP contribution < -0.4 is 4.90 Å². The third kappa shape index (κ3) is 4.10. The van der Waals surface area contributed by atoms with Gasteiger partial charge in [0.05, 0.1) is 11.9 Å². The van der Waals surface area contributed by atoms with Crippen molar-refractivity contribution in [3.63, 3.8) is 0 Å². The first-order chi connectivity index (χ1) is 17.1. The van der Waals surface area contributed by atoms with E-state index in [0.29, 0.717) is 6.04 Å². The highest BCUT2D eigenvalue weighted by Crippen LogP contribution is 2.36. The lowest BCUT2D eigenvalue weighted by molar-refractivity contribution is 0.0883. The van der Waals surface area contributed by atoms with Crippen LogP contribution in [0.2, 0.25) is 0 Å². The Hall–Kier alpha value is -2.90. The quantitative estimate of drug-likeness (QED) is 0.443. The third-order valence-corrected chi connectivity index (χ3v) is 8.29. The minimum Gasteiger partial charge on any atom is -0.369 e. The molecule has 7 heteroatoms. The maximum atomic E-state index is 4.42. The molecule has 0 bridgehead atoms. The number of nitrogens with one attached hydrogen (secondary N) is 2. The van der Waals surface area contributed by atoms with Crippen molar-refractivity contribution >= 4 is 27.6 Å². The molecule has 2 fully saturated rings. The first-order valence-corrected chi connectivity index (χ1v) is 13.3. The van der Waals surface area contributed by atoms with Crippen LogP contribution in [0.4, 0.5) is 5.69 Å². The van der Waals surface area contributed by atoms with Crippen molar-refractivity contribution in [1.82, 2.24) is 30.0 Å². The smallest absolute Gasteiger partial charge is 0.155 e. The van der Waals surface area contributed by atoms with Gasteiger partial charge in [-0.05, 0) is 76.0 Å². The number of hydrogen-bond acceptors (Lipinski definition) is 5. The maximum absolute atomic E-state index is 4.42. The van der Waals surface area contributed by atoms with Crippen molar-refractivity contribution in [3.8, 4) is 11.3 Å². The number of piperidine rings is 1. The Balaban J connectivity index is 1.21. The number of hydrogen-bond donors (Lipinski definition) is 2. The van der Waals surface area contributed by atoms with Crippen LogP contribution in [-0.2, 0) is 6.42 Å². The molecule has 7 nitrogen and oxygen atoms in total. The van der Waals surface area contributed by atoms with E-state index in [9.17, 15) is 0 Å². The summed E-state index contributed by atoms with van der Waals surface area (Å²) in [4.78, 5) is 16.1. The molecule has 0 unspecified atom stereocenters. The van der Waals surface area contributed by atoms with Crippen molar-refractivity contribution in [2.24, 2.45) is 0 Å². The summed E-state index contributed by atoms with van der Waals surface area (Å²) in [5, 5.41) is 9.60. The number of benzene rings is 1. The number of piperazine rings is 1. The highest BCUT2D eigenvalue weighted by atomic mass is 15.3. The fourth-order valence-corrected chi connectivity index (χ4v) is 6.21. The molecule has 0 amide bonds. The minimum absolute atomic E-state index is 0.675. The highest BCUT2D eigenvalue weighted by molar-refractivity contribution is 5.99. The zero-order chi connectivity index (χ0) is 23.9. The second-order valence-corrected chi connectivity index (χ2v) is 10.4. The molecule has 0 aliphatic carbocycles. The molecule has 4 aromatic rings. The molecular formula is C28H37N7. The molecule has 0 spiro atoms. The van der Waals surface area contributed by atoms with Gasteiger partial charge in [0.1, 0.15) is 0 Å². The van der Waals surface area contributed by atoms with Crippen LogP contribution in [0, 0.1) is 0 Å². The van der Waals surface area contributed by atoms with Crippen LogP contribution in [0.5, 0.6) is 0 Å². The summed E-state index contributed by atoms with van der Waals surface area (Å²) in [6, 6.07) is 10.5.